The number of β-amino-alcohol motifs (C(OH)–C–C–N with tert-alkyl or cyclic N) is 1. The molecule has 1 amide bonds. The fourth-order valence-electron chi connectivity index (χ4n) is 2.32. The Hall–Kier alpha value is -1.46. The summed E-state index contributed by atoms with van der Waals surface area (Å²) in [5.41, 5.74) is 1.80. The first-order chi connectivity index (χ1) is 10.1. The number of aliphatic hydroxyl groups is 1. The van der Waals surface area contributed by atoms with E-state index in [9.17, 15) is 9.90 Å². The first-order valence-electron chi connectivity index (χ1n) is 7.69. The molecule has 1 aromatic rings. The Labute approximate surface area is 127 Å². The number of carbonyl (C=O) groups is 1. The number of carbonyl (C=O) groups excluding carboxylic acids is 1. The van der Waals surface area contributed by atoms with Crippen LogP contribution in [0.15, 0.2) is 18.3 Å². The summed E-state index contributed by atoms with van der Waals surface area (Å²) in [6, 6.07) is 3.85. The third kappa shape index (κ3) is 5.44. The van der Waals surface area contributed by atoms with Crippen molar-refractivity contribution in [1.29, 1.82) is 0 Å². The van der Waals surface area contributed by atoms with E-state index in [0.29, 0.717) is 26.1 Å². The number of hydrogen-bond donors (Lipinski definition) is 1. The second-order valence-electron chi connectivity index (χ2n) is 5.10. The fourth-order valence-corrected chi connectivity index (χ4v) is 2.32. The van der Waals surface area contributed by atoms with Crippen LogP contribution in [0.5, 0.6) is 0 Å². The lowest BCUT2D eigenvalue weighted by atomic mass is 10.3. The van der Waals surface area contributed by atoms with E-state index in [1.165, 1.54) is 0 Å². The largest absolute Gasteiger partial charge is 0.392 e. The zero-order chi connectivity index (χ0) is 15.8. The summed E-state index contributed by atoms with van der Waals surface area (Å²) in [5.74, 6) is 0.124. The molecular weight excluding hydrogens is 266 g/mol. The number of rotatable bonds is 3. The number of aryl methyl sites for hydroxylation is 1. The second kappa shape index (κ2) is 8.74. The van der Waals surface area contributed by atoms with Crippen LogP contribution < -0.4 is 4.90 Å². The van der Waals surface area contributed by atoms with E-state index in [0.717, 1.165) is 17.9 Å². The SMILES string of the molecule is CC.Cc1ccc(N2CCN(CC(C)O)CCC2=O)cn1. The summed E-state index contributed by atoms with van der Waals surface area (Å²) >= 11 is 0. The van der Waals surface area contributed by atoms with Crippen molar-refractivity contribution in [2.75, 3.05) is 31.1 Å². The lowest BCUT2D eigenvalue weighted by Crippen LogP contribution is -2.35. The van der Waals surface area contributed by atoms with Gasteiger partial charge in [-0.3, -0.25) is 14.7 Å². The predicted molar refractivity (Wildman–Crippen MR) is 85.4 cm³/mol. The molecule has 0 radical (unpaired) electrons. The van der Waals surface area contributed by atoms with Crippen LogP contribution in [0.2, 0.25) is 0 Å². The highest BCUT2D eigenvalue weighted by molar-refractivity contribution is 5.93. The highest BCUT2D eigenvalue weighted by atomic mass is 16.3. The van der Waals surface area contributed by atoms with Crippen LogP contribution in [0.3, 0.4) is 0 Å². The molecule has 2 rings (SSSR count). The van der Waals surface area contributed by atoms with Crippen molar-refractivity contribution >= 4 is 11.6 Å². The summed E-state index contributed by atoms with van der Waals surface area (Å²) in [4.78, 5) is 20.3. The molecule has 0 aliphatic carbocycles. The molecule has 0 aromatic carbocycles. The van der Waals surface area contributed by atoms with E-state index in [4.69, 9.17) is 0 Å². The van der Waals surface area contributed by atoms with E-state index in [1.807, 2.05) is 32.9 Å². The van der Waals surface area contributed by atoms with Crippen LogP contribution in [0, 0.1) is 6.92 Å². The van der Waals surface area contributed by atoms with E-state index in [2.05, 4.69) is 9.88 Å². The molecule has 5 nitrogen and oxygen atoms in total. The van der Waals surface area contributed by atoms with Crippen LogP contribution >= 0.6 is 0 Å². The highest BCUT2D eigenvalue weighted by Crippen LogP contribution is 2.16. The Bertz CT molecular complexity index is 432. The molecule has 0 spiro atoms. The summed E-state index contributed by atoms with van der Waals surface area (Å²) < 4.78 is 0. The van der Waals surface area contributed by atoms with E-state index < -0.39 is 0 Å². The Morgan fingerprint density at radius 1 is 1.29 bits per heavy atom. The van der Waals surface area contributed by atoms with Gasteiger partial charge >= 0.3 is 0 Å². The van der Waals surface area contributed by atoms with Gasteiger partial charge in [0.1, 0.15) is 0 Å². The summed E-state index contributed by atoms with van der Waals surface area (Å²) in [7, 11) is 0. The molecule has 118 valence electrons. The monoisotopic (exact) mass is 293 g/mol. The fraction of sp³-hybridized carbons (Fsp3) is 0.625. The van der Waals surface area contributed by atoms with Crippen molar-refractivity contribution in [2.45, 2.75) is 40.2 Å². The second-order valence-corrected chi connectivity index (χ2v) is 5.10. The molecule has 0 saturated carbocycles. The number of hydrogen-bond acceptors (Lipinski definition) is 4. The Kier molecular flexibility index (Phi) is 7.32. The summed E-state index contributed by atoms with van der Waals surface area (Å²) in [5, 5.41) is 9.43. The molecule has 1 fully saturated rings. The van der Waals surface area contributed by atoms with Crippen molar-refractivity contribution in [1.82, 2.24) is 9.88 Å². The van der Waals surface area contributed by atoms with Crippen LogP contribution in [0.4, 0.5) is 5.69 Å². The third-order valence-corrected chi connectivity index (χ3v) is 3.31. The van der Waals surface area contributed by atoms with Crippen LogP contribution in [-0.4, -0.2) is 53.2 Å². The average molecular weight is 293 g/mol. The van der Waals surface area contributed by atoms with Gasteiger partial charge in [-0.05, 0) is 26.0 Å². The van der Waals surface area contributed by atoms with Crippen molar-refractivity contribution in [3.05, 3.63) is 24.0 Å². The van der Waals surface area contributed by atoms with Crippen molar-refractivity contribution < 1.29 is 9.90 Å². The van der Waals surface area contributed by atoms with Gasteiger partial charge in [-0.25, -0.2) is 0 Å². The van der Waals surface area contributed by atoms with Gasteiger partial charge in [-0.2, -0.15) is 0 Å². The molecular formula is C16H27N3O2. The maximum absolute atomic E-state index is 12.1. The van der Waals surface area contributed by atoms with Gasteiger partial charge in [-0.15, -0.1) is 0 Å². The number of anilines is 1. The van der Waals surface area contributed by atoms with Gasteiger partial charge in [0, 0.05) is 38.3 Å². The molecule has 21 heavy (non-hydrogen) atoms. The predicted octanol–water partition coefficient (Wildman–Crippen LogP) is 1.84. The Morgan fingerprint density at radius 3 is 2.57 bits per heavy atom. The quantitative estimate of drug-likeness (QED) is 0.924. The minimum Gasteiger partial charge on any atom is -0.392 e. The lowest BCUT2D eigenvalue weighted by Gasteiger charge is -2.22. The molecule has 1 saturated heterocycles. The zero-order valence-electron chi connectivity index (χ0n) is 13.5. The molecule has 1 aromatic heterocycles. The number of aromatic nitrogens is 1. The molecule has 1 unspecified atom stereocenters. The van der Waals surface area contributed by atoms with Gasteiger partial charge < -0.3 is 10.0 Å². The van der Waals surface area contributed by atoms with Crippen molar-refractivity contribution in [3.63, 3.8) is 0 Å². The van der Waals surface area contributed by atoms with Gasteiger partial charge in [0.05, 0.1) is 18.0 Å². The highest BCUT2D eigenvalue weighted by Gasteiger charge is 2.22. The van der Waals surface area contributed by atoms with E-state index in [-0.39, 0.29) is 12.0 Å². The van der Waals surface area contributed by atoms with Gasteiger partial charge in [0.2, 0.25) is 5.91 Å². The lowest BCUT2D eigenvalue weighted by molar-refractivity contribution is -0.118. The summed E-state index contributed by atoms with van der Waals surface area (Å²) in [6.07, 6.45) is 1.88. The maximum Gasteiger partial charge on any atom is 0.228 e. The molecule has 1 aliphatic heterocycles. The number of nitrogens with zero attached hydrogens (tertiary/aromatic N) is 3. The van der Waals surface area contributed by atoms with Crippen LogP contribution in [0.1, 0.15) is 32.9 Å². The molecule has 1 atom stereocenters. The molecule has 5 heteroatoms. The zero-order valence-corrected chi connectivity index (χ0v) is 13.5. The van der Waals surface area contributed by atoms with E-state index >= 15 is 0 Å². The Morgan fingerprint density at radius 2 is 2.00 bits per heavy atom. The minimum absolute atomic E-state index is 0.124. The minimum atomic E-state index is -0.359. The van der Waals surface area contributed by atoms with Gasteiger partial charge in [0.25, 0.3) is 0 Å². The standard InChI is InChI=1S/C14H21N3O2.C2H6/c1-11-3-4-13(9-15-11)17-8-7-16(10-12(2)18)6-5-14(17)19;1-2/h3-4,9,12,18H,5-8,10H2,1-2H3;1-2H3. The smallest absolute Gasteiger partial charge is 0.228 e. The van der Waals surface area contributed by atoms with Crippen molar-refractivity contribution in [2.24, 2.45) is 0 Å². The number of aliphatic hydroxyl groups excluding tert-OH is 1. The van der Waals surface area contributed by atoms with Crippen molar-refractivity contribution in [3.8, 4) is 0 Å². The Balaban J connectivity index is 0.00000106. The number of pyridine rings is 1. The van der Waals surface area contributed by atoms with E-state index in [1.54, 1.807) is 18.0 Å². The molecule has 1 N–H and O–H groups in total. The van der Waals surface area contributed by atoms with Gasteiger partial charge in [0.15, 0.2) is 0 Å². The first kappa shape index (κ1) is 17.6. The summed E-state index contributed by atoms with van der Waals surface area (Å²) in [6.45, 7) is 10.5. The number of amides is 1. The molecule has 2 heterocycles. The van der Waals surface area contributed by atoms with Crippen LogP contribution in [-0.2, 0) is 4.79 Å². The first-order valence-corrected chi connectivity index (χ1v) is 7.69. The molecule has 1 aliphatic rings. The third-order valence-electron chi connectivity index (χ3n) is 3.31. The topological polar surface area (TPSA) is 56.7 Å². The van der Waals surface area contributed by atoms with Gasteiger partial charge in [-0.1, -0.05) is 13.8 Å². The average Bonchev–Trinajstić information content (AvgIpc) is 2.64. The molecule has 0 bridgehead atoms. The normalized spacial score (nSPS) is 17.8. The van der Waals surface area contributed by atoms with Crippen LogP contribution in [0.25, 0.3) is 0 Å². The maximum atomic E-state index is 12.1.